The number of hydrogen-bond donors (Lipinski definition) is 1. The third kappa shape index (κ3) is 3.82. The van der Waals surface area contributed by atoms with Crippen LogP contribution in [0.25, 0.3) is 0 Å². The van der Waals surface area contributed by atoms with Crippen molar-refractivity contribution in [1.29, 1.82) is 0 Å². The van der Waals surface area contributed by atoms with E-state index >= 15 is 0 Å². The smallest absolute Gasteiger partial charge is 0.249 e. The van der Waals surface area contributed by atoms with Gasteiger partial charge >= 0.3 is 0 Å². The fourth-order valence-electron chi connectivity index (χ4n) is 2.00. The van der Waals surface area contributed by atoms with Gasteiger partial charge in [-0.25, -0.2) is 0 Å². The minimum atomic E-state index is -0.249. The summed E-state index contributed by atoms with van der Waals surface area (Å²) in [5, 5.41) is 3.79. The number of rotatable bonds is 4. The first-order chi connectivity index (χ1) is 8.79. The zero-order valence-corrected chi connectivity index (χ0v) is 11.9. The molecule has 1 heterocycles. The fourth-order valence-corrected chi connectivity index (χ4v) is 2.37. The van der Waals surface area contributed by atoms with E-state index in [1.165, 1.54) is 5.56 Å². The number of ether oxygens (including phenoxy) is 1. The van der Waals surface area contributed by atoms with Crippen LogP contribution in [0.4, 0.5) is 0 Å². The summed E-state index contributed by atoms with van der Waals surface area (Å²) in [5.74, 6) is 0.0132. The second-order valence-corrected chi connectivity index (χ2v) is 5.08. The van der Waals surface area contributed by atoms with Crippen LogP contribution in [0.1, 0.15) is 30.4 Å². The van der Waals surface area contributed by atoms with Gasteiger partial charge in [0.1, 0.15) is 6.10 Å². The van der Waals surface area contributed by atoms with Crippen molar-refractivity contribution in [3.05, 3.63) is 35.4 Å². The number of carbonyl (C=O) groups excluding carboxylic acids is 1. The van der Waals surface area contributed by atoms with Gasteiger partial charge in [0.25, 0.3) is 0 Å². The molecule has 1 unspecified atom stereocenters. The molecule has 0 radical (unpaired) electrons. The molecule has 4 heteroatoms. The molecule has 1 aliphatic heterocycles. The summed E-state index contributed by atoms with van der Waals surface area (Å²) in [5.41, 5.74) is 2.35. The highest BCUT2D eigenvalue weighted by atomic mass is 79.9. The lowest BCUT2D eigenvalue weighted by atomic mass is 10.1. The number of hydrogen-bond acceptors (Lipinski definition) is 2. The van der Waals surface area contributed by atoms with Crippen molar-refractivity contribution < 1.29 is 9.53 Å². The number of nitrogens with one attached hydrogen (secondary N) is 1. The lowest BCUT2D eigenvalue weighted by Crippen LogP contribution is -2.37. The molecule has 0 aliphatic carbocycles. The summed E-state index contributed by atoms with van der Waals surface area (Å²) >= 11 is 3.41. The predicted molar refractivity (Wildman–Crippen MR) is 74.5 cm³/mol. The molecule has 1 amide bonds. The second kappa shape index (κ2) is 6.90. The van der Waals surface area contributed by atoms with Gasteiger partial charge in [0.2, 0.25) is 5.91 Å². The zero-order valence-electron chi connectivity index (χ0n) is 10.3. The largest absolute Gasteiger partial charge is 0.368 e. The summed E-state index contributed by atoms with van der Waals surface area (Å²) in [6.45, 7) is 1.28. The summed E-state index contributed by atoms with van der Waals surface area (Å²) in [6, 6.07) is 8.21. The Morgan fingerprint density at radius 2 is 2.00 bits per heavy atom. The zero-order chi connectivity index (χ0) is 12.8. The first kappa shape index (κ1) is 13.6. The third-order valence-electron chi connectivity index (χ3n) is 3.12. The van der Waals surface area contributed by atoms with Gasteiger partial charge in [-0.05, 0) is 30.4 Å². The molecule has 1 aromatic carbocycles. The highest BCUT2D eigenvalue weighted by Gasteiger charge is 2.21. The Bertz CT molecular complexity index is 385. The molecule has 1 saturated heterocycles. The van der Waals surface area contributed by atoms with Gasteiger partial charge in [-0.15, -0.1) is 0 Å². The second-order valence-electron chi connectivity index (χ2n) is 4.52. The molecule has 0 bridgehead atoms. The maximum atomic E-state index is 11.9. The van der Waals surface area contributed by atoms with Crippen LogP contribution in [0.15, 0.2) is 24.3 Å². The molecule has 1 fully saturated rings. The Hall–Kier alpha value is -0.870. The first-order valence-electron chi connectivity index (χ1n) is 6.32. The number of benzene rings is 1. The first-order valence-corrected chi connectivity index (χ1v) is 7.45. The molecular weight excluding hydrogens is 294 g/mol. The monoisotopic (exact) mass is 311 g/mol. The van der Waals surface area contributed by atoms with Crippen LogP contribution in [-0.2, 0) is 21.4 Å². The van der Waals surface area contributed by atoms with E-state index in [9.17, 15) is 4.79 Å². The van der Waals surface area contributed by atoms with Crippen molar-refractivity contribution in [2.75, 3.05) is 6.61 Å². The molecule has 0 saturated carbocycles. The van der Waals surface area contributed by atoms with E-state index in [4.69, 9.17) is 4.74 Å². The highest BCUT2D eigenvalue weighted by molar-refractivity contribution is 9.08. The Kier molecular flexibility index (Phi) is 5.20. The Balaban J connectivity index is 1.80. The normalized spacial score (nSPS) is 19.5. The average molecular weight is 312 g/mol. The van der Waals surface area contributed by atoms with E-state index in [1.54, 1.807) is 0 Å². The minimum absolute atomic E-state index is 0.0132. The van der Waals surface area contributed by atoms with Gasteiger partial charge in [0.05, 0.1) is 0 Å². The van der Waals surface area contributed by atoms with Crippen molar-refractivity contribution in [1.82, 2.24) is 5.32 Å². The number of halogens is 1. The topological polar surface area (TPSA) is 38.3 Å². The summed E-state index contributed by atoms with van der Waals surface area (Å²) < 4.78 is 5.45. The van der Waals surface area contributed by atoms with Crippen LogP contribution >= 0.6 is 15.9 Å². The minimum Gasteiger partial charge on any atom is -0.368 e. The molecular formula is C14H18BrNO2. The van der Waals surface area contributed by atoms with Crippen LogP contribution in [-0.4, -0.2) is 18.6 Å². The maximum absolute atomic E-state index is 11.9. The molecule has 0 aromatic heterocycles. The van der Waals surface area contributed by atoms with E-state index in [0.717, 1.165) is 30.2 Å². The van der Waals surface area contributed by atoms with Gasteiger partial charge in [-0.1, -0.05) is 40.2 Å². The van der Waals surface area contributed by atoms with Crippen LogP contribution < -0.4 is 5.32 Å². The number of carbonyl (C=O) groups is 1. The van der Waals surface area contributed by atoms with Crippen LogP contribution in [0.3, 0.4) is 0 Å². The van der Waals surface area contributed by atoms with Gasteiger partial charge in [-0.3, -0.25) is 4.79 Å². The van der Waals surface area contributed by atoms with Gasteiger partial charge in [0.15, 0.2) is 0 Å². The van der Waals surface area contributed by atoms with Crippen molar-refractivity contribution in [3.8, 4) is 0 Å². The lowest BCUT2D eigenvalue weighted by molar-refractivity contribution is -0.135. The Labute approximate surface area is 116 Å². The molecule has 2 rings (SSSR count). The summed E-state index contributed by atoms with van der Waals surface area (Å²) in [4.78, 5) is 11.9. The van der Waals surface area contributed by atoms with Gasteiger partial charge in [-0.2, -0.15) is 0 Å². The van der Waals surface area contributed by atoms with Crippen molar-refractivity contribution in [3.63, 3.8) is 0 Å². The van der Waals surface area contributed by atoms with E-state index in [2.05, 4.69) is 33.4 Å². The lowest BCUT2D eigenvalue weighted by Gasteiger charge is -2.21. The molecule has 1 aromatic rings. The standard InChI is InChI=1S/C14H18BrNO2/c15-9-11-4-6-12(7-5-11)10-16-14(17)13-3-1-2-8-18-13/h4-7,13H,1-3,8-10H2,(H,16,17). The molecule has 0 spiro atoms. The van der Waals surface area contributed by atoms with Crippen molar-refractivity contribution in [2.24, 2.45) is 0 Å². The molecule has 18 heavy (non-hydrogen) atoms. The Morgan fingerprint density at radius 1 is 1.28 bits per heavy atom. The van der Waals surface area contributed by atoms with E-state index < -0.39 is 0 Å². The molecule has 98 valence electrons. The summed E-state index contributed by atoms with van der Waals surface area (Å²) in [6.07, 6.45) is 2.74. The summed E-state index contributed by atoms with van der Waals surface area (Å²) in [7, 11) is 0. The fraction of sp³-hybridized carbons (Fsp3) is 0.500. The maximum Gasteiger partial charge on any atom is 0.249 e. The Morgan fingerprint density at radius 3 is 2.61 bits per heavy atom. The molecule has 1 atom stereocenters. The van der Waals surface area contributed by atoms with Gasteiger partial charge < -0.3 is 10.1 Å². The average Bonchev–Trinajstić information content (AvgIpc) is 2.46. The molecule has 1 aliphatic rings. The van der Waals surface area contributed by atoms with Crippen LogP contribution in [0.5, 0.6) is 0 Å². The van der Waals surface area contributed by atoms with Crippen molar-refractivity contribution >= 4 is 21.8 Å². The SMILES string of the molecule is O=C(NCc1ccc(CBr)cc1)C1CCCCO1. The van der Waals surface area contributed by atoms with Crippen molar-refractivity contribution in [2.45, 2.75) is 37.2 Å². The number of amides is 1. The number of alkyl halides is 1. The van der Waals surface area contributed by atoms with E-state index in [1.807, 2.05) is 12.1 Å². The molecule has 3 nitrogen and oxygen atoms in total. The van der Waals surface area contributed by atoms with Gasteiger partial charge in [0, 0.05) is 18.5 Å². The highest BCUT2D eigenvalue weighted by Crippen LogP contribution is 2.13. The quantitative estimate of drug-likeness (QED) is 0.868. The van der Waals surface area contributed by atoms with Crippen LogP contribution in [0, 0.1) is 0 Å². The third-order valence-corrected chi connectivity index (χ3v) is 3.76. The van der Waals surface area contributed by atoms with E-state index in [-0.39, 0.29) is 12.0 Å². The van der Waals surface area contributed by atoms with Crippen LogP contribution in [0.2, 0.25) is 0 Å². The van der Waals surface area contributed by atoms with E-state index in [0.29, 0.717) is 13.2 Å². The molecule has 1 N–H and O–H groups in total. The predicted octanol–water partition coefficient (Wildman–Crippen LogP) is 2.77.